The van der Waals surface area contributed by atoms with Crippen LogP contribution in [0.3, 0.4) is 0 Å². The van der Waals surface area contributed by atoms with Crippen LogP contribution in [0.4, 0.5) is 5.69 Å². The number of aromatic nitrogens is 2. The maximum Gasteiger partial charge on any atom is 0.263 e. The van der Waals surface area contributed by atoms with Crippen LogP contribution in [0.5, 0.6) is 0 Å². The van der Waals surface area contributed by atoms with E-state index in [1.165, 1.54) is 6.26 Å². The zero-order chi connectivity index (χ0) is 12.5. The van der Waals surface area contributed by atoms with Gasteiger partial charge < -0.3 is 14.7 Å². The van der Waals surface area contributed by atoms with E-state index in [1.54, 1.807) is 18.2 Å². The number of nitrogen functional groups attached to an aromatic ring is 1. The number of halogens is 1. The van der Waals surface area contributed by atoms with Gasteiger partial charge in [-0.15, -0.1) is 0 Å². The van der Waals surface area contributed by atoms with Crippen LogP contribution >= 0.6 is 11.6 Å². The van der Waals surface area contributed by atoms with Gasteiger partial charge in [-0.25, -0.2) is 0 Å². The summed E-state index contributed by atoms with van der Waals surface area (Å²) in [6, 6.07) is 8.86. The van der Waals surface area contributed by atoms with Gasteiger partial charge in [0.15, 0.2) is 0 Å². The lowest BCUT2D eigenvalue weighted by atomic mass is 10.2. The number of hydrogen-bond acceptors (Lipinski definition) is 5. The van der Waals surface area contributed by atoms with Crippen molar-refractivity contribution in [2.45, 2.75) is 0 Å². The number of anilines is 1. The Balaban J connectivity index is 1.99. The van der Waals surface area contributed by atoms with Gasteiger partial charge in [0.05, 0.1) is 11.8 Å². The average Bonchev–Trinajstić information content (AvgIpc) is 2.98. The molecule has 0 bridgehead atoms. The predicted molar refractivity (Wildman–Crippen MR) is 66.9 cm³/mol. The lowest BCUT2D eigenvalue weighted by Gasteiger charge is -1.94. The van der Waals surface area contributed by atoms with Gasteiger partial charge in [0.25, 0.3) is 5.89 Å². The molecule has 0 saturated carbocycles. The van der Waals surface area contributed by atoms with Crippen molar-refractivity contribution < 1.29 is 8.94 Å². The van der Waals surface area contributed by atoms with Gasteiger partial charge in [0.1, 0.15) is 0 Å². The largest absolute Gasteiger partial charge is 0.452 e. The second kappa shape index (κ2) is 4.19. The standard InChI is InChI=1S/C12H8ClN3O2/c13-10-9(5-6-17-10)12-15-11(16-18-12)7-1-3-8(14)4-2-7/h1-6H,14H2. The van der Waals surface area contributed by atoms with E-state index in [4.69, 9.17) is 26.3 Å². The van der Waals surface area contributed by atoms with E-state index in [0.29, 0.717) is 23.0 Å². The minimum Gasteiger partial charge on any atom is -0.452 e. The van der Waals surface area contributed by atoms with E-state index in [-0.39, 0.29) is 5.22 Å². The molecule has 18 heavy (non-hydrogen) atoms. The van der Waals surface area contributed by atoms with Crippen LogP contribution < -0.4 is 5.73 Å². The van der Waals surface area contributed by atoms with Crippen LogP contribution in [-0.2, 0) is 0 Å². The van der Waals surface area contributed by atoms with Crippen molar-refractivity contribution in [2.75, 3.05) is 5.73 Å². The van der Waals surface area contributed by atoms with Gasteiger partial charge >= 0.3 is 0 Å². The molecule has 0 amide bonds. The van der Waals surface area contributed by atoms with Crippen LogP contribution in [0.15, 0.2) is 45.5 Å². The molecule has 0 atom stereocenters. The first kappa shape index (κ1) is 10.9. The highest BCUT2D eigenvalue weighted by atomic mass is 35.5. The maximum atomic E-state index is 5.84. The lowest BCUT2D eigenvalue weighted by Crippen LogP contribution is -1.85. The molecule has 2 N–H and O–H groups in total. The second-order valence-corrected chi connectivity index (χ2v) is 4.00. The van der Waals surface area contributed by atoms with Crippen molar-refractivity contribution in [1.82, 2.24) is 10.1 Å². The Morgan fingerprint density at radius 3 is 2.56 bits per heavy atom. The van der Waals surface area contributed by atoms with Crippen molar-refractivity contribution in [3.8, 4) is 22.8 Å². The van der Waals surface area contributed by atoms with Gasteiger partial charge in [0, 0.05) is 11.3 Å². The van der Waals surface area contributed by atoms with Crippen LogP contribution in [-0.4, -0.2) is 10.1 Å². The molecule has 0 unspecified atom stereocenters. The summed E-state index contributed by atoms with van der Waals surface area (Å²) < 4.78 is 10.1. The average molecular weight is 262 g/mol. The summed E-state index contributed by atoms with van der Waals surface area (Å²) in [5.41, 5.74) is 7.69. The molecular formula is C12H8ClN3O2. The number of rotatable bonds is 2. The molecule has 0 aliphatic carbocycles. The lowest BCUT2D eigenvalue weighted by molar-refractivity contribution is 0.431. The normalized spacial score (nSPS) is 10.7. The van der Waals surface area contributed by atoms with E-state index in [0.717, 1.165) is 5.56 Å². The van der Waals surface area contributed by atoms with Gasteiger partial charge in [-0.2, -0.15) is 4.98 Å². The number of nitrogens with two attached hydrogens (primary N) is 1. The van der Waals surface area contributed by atoms with Gasteiger partial charge in [-0.3, -0.25) is 0 Å². The molecule has 0 radical (unpaired) electrons. The molecule has 3 aromatic rings. The summed E-state index contributed by atoms with van der Waals surface area (Å²) >= 11 is 5.84. The number of furan rings is 1. The minimum atomic E-state index is 0.225. The Morgan fingerprint density at radius 2 is 1.89 bits per heavy atom. The number of hydrogen-bond donors (Lipinski definition) is 1. The van der Waals surface area contributed by atoms with Crippen LogP contribution in [0, 0.1) is 0 Å². The summed E-state index contributed by atoms with van der Waals surface area (Å²) in [7, 11) is 0. The Labute approximate surface area is 107 Å². The third-order valence-electron chi connectivity index (χ3n) is 2.44. The van der Waals surface area contributed by atoms with E-state index in [9.17, 15) is 0 Å². The Bertz CT molecular complexity index is 673. The fraction of sp³-hybridized carbons (Fsp3) is 0. The molecule has 0 fully saturated rings. The van der Waals surface area contributed by atoms with Crippen molar-refractivity contribution in [2.24, 2.45) is 0 Å². The summed E-state index contributed by atoms with van der Waals surface area (Å²) in [6.07, 6.45) is 1.46. The summed E-state index contributed by atoms with van der Waals surface area (Å²) in [6.45, 7) is 0. The Morgan fingerprint density at radius 1 is 1.11 bits per heavy atom. The monoisotopic (exact) mass is 261 g/mol. The Kier molecular flexibility index (Phi) is 2.53. The zero-order valence-corrected chi connectivity index (χ0v) is 9.89. The molecule has 0 aliphatic heterocycles. The van der Waals surface area contributed by atoms with Crippen LogP contribution in [0.2, 0.25) is 5.22 Å². The molecule has 0 spiro atoms. The molecule has 2 aromatic heterocycles. The number of benzene rings is 1. The molecule has 2 heterocycles. The third-order valence-corrected chi connectivity index (χ3v) is 2.74. The molecule has 5 nitrogen and oxygen atoms in total. The highest BCUT2D eigenvalue weighted by Crippen LogP contribution is 2.29. The van der Waals surface area contributed by atoms with Crippen LogP contribution in [0.1, 0.15) is 0 Å². The van der Waals surface area contributed by atoms with E-state index in [1.807, 2.05) is 12.1 Å². The fourth-order valence-electron chi connectivity index (χ4n) is 1.53. The highest BCUT2D eigenvalue weighted by molar-refractivity contribution is 6.31. The van der Waals surface area contributed by atoms with Gasteiger partial charge in [-0.1, -0.05) is 5.16 Å². The third kappa shape index (κ3) is 1.84. The molecule has 1 aromatic carbocycles. The van der Waals surface area contributed by atoms with E-state index < -0.39 is 0 Å². The zero-order valence-electron chi connectivity index (χ0n) is 9.13. The molecule has 0 saturated heterocycles. The molecular weight excluding hydrogens is 254 g/mol. The van der Waals surface area contributed by atoms with E-state index >= 15 is 0 Å². The fourth-order valence-corrected chi connectivity index (χ4v) is 1.72. The van der Waals surface area contributed by atoms with Crippen molar-refractivity contribution in [3.63, 3.8) is 0 Å². The van der Waals surface area contributed by atoms with Crippen molar-refractivity contribution in [3.05, 3.63) is 41.8 Å². The maximum absolute atomic E-state index is 5.84. The smallest absolute Gasteiger partial charge is 0.263 e. The predicted octanol–water partition coefficient (Wildman–Crippen LogP) is 3.23. The van der Waals surface area contributed by atoms with Gasteiger partial charge in [0.2, 0.25) is 11.0 Å². The Hall–Kier alpha value is -2.27. The van der Waals surface area contributed by atoms with Gasteiger partial charge in [-0.05, 0) is 41.9 Å². The summed E-state index contributed by atoms with van der Waals surface area (Å²) in [5.74, 6) is 0.794. The van der Waals surface area contributed by atoms with Crippen molar-refractivity contribution in [1.29, 1.82) is 0 Å². The topological polar surface area (TPSA) is 78.1 Å². The highest BCUT2D eigenvalue weighted by Gasteiger charge is 2.15. The van der Waals surface area contributed by atoms with E-state index in [2.05, 4.69) is 10.1 Å². The second-order valence-electron chi connectivity index (χ2n) is 3.65. The summed E-state index contributed by atoms with van der Waals surface area (Å²) in [5, 5.41) is 4.11. The number of nitrogens with zero attached hydrogens (tertiary/aromatic N) is 2. The first-order chi connectivity index (χ1) is 8.74. The summed E-state index contributed by atoms with van der Waals surface area (Å²) in [4.78, 5) is 4.25. The van der Waals surface area contributed by atoms with Crippen molar-refractivity contribution >= 4 is 17.3 Å². The molecule has 0 aliphatic rings. The van der Waals surface area contributed by atoms with Crippen LogP contribution in [0.25, 0.3) is 22.8 Å². The quantitative estimate of drug-likeness (QED) is 0.717. The minimum absolute atomic E-state index is 0.225. The first-order valence-corrected chi connectivity index (χ1v) is 5.55. The first-order valence-electron chi connectivity index (χ1n) is 5.17. The molecule has 6 heteroatoms. The molecule has 3 rings (SSSR count). The molecule has 90 valence electrons. The SMILES string of the molecule is Nc1ccc(-c2noc(-c3ccoc3Cl)n2)cc1.